The Morgan fingerprint density at radius 2 is 1.48 bits per heavy atom. The van der Waals surface area contributed by atoms with Gasteiger partial charge in [0.1, 0.15) is 12.4 Å². The zero-order chi connectivity index (χ0) is 21.8. The molecule has 2 aromatic carbocycles. The van der Waals surface area contributed by atoms with Gasteiger partial charge in [0.15, 0.2) is 0 Å². The number of hydrogen-bond acceptors (Lipinski definition) is 3. The number of sulfonamides is 1. The summed E-state index contributed by atoms with van der Waals surface area (Å²) in [4.78, 5) is 12.8. The Kier molecular flexibility index (Phi) is 7.41. The number of hydrogen-bond donors (Lipinski definition) is 1. The van der Waals surface area contributed by atoms with Gasteiger partial charge in [-0.25, -0.2) is 12.8 Å². The number of nitrogens with zero attached hydrogens (tertiary/aromatic N) is 1. The molecular formula is C22H29FN2O3S. The van der Waals surface area contributed by atoms with Crippen LogP contribution >= 0.6 is 0 Å². The van der Waals surface area contributed by atoms with Crippen molar-refractivity contribution in [3.05, 3.63) is 59.9 Å². The Hall–Kier alpha value is -2.41. The van der Waals surface area contributed by atoms with E-state index in [1.807, 2.05) is 34.6 Å². The standard InChI is InChI=1S/C22H29FN2O3S/c1-15(2)22(16(3)4)24-21(26)14-25(19-10-8-18(23)9-11-19)29(27,28)20-12-6-17(5)7-13-20/h6-13,15-16,22H,14H2,1-5H3,(H,24,26). The van der Waals surface area contributed by atoms with Gasteiger partial charge in [0.25, 0.3) is 10.0 Å². The molecular weight excluding hydrogens is 391 g/mol. The second-order valence-electron chi connectivity index (χ2n) is 7.88. The van der Waals surface area contributed by atoms with Crippen molar-refractivity contribution in [2.75, 3.05) is 10.8 Å². The maximum Gasteiger partial charge on any atom is 0.264 e. The lowest BCUT2D eigenvalue weighted by Gasteiger charge is -2.29. The lowest BCUT2D eigenvalue weighted by Crippen LogP contribution is -2.47. The average molecular weight is 421 g/mol. The number of carbonyl (C=O) groups is 1. The van der Waals surface area contributed by atoms with Crippen molar-refractivity contribution >= 4 is 21.6 Å². The first-order valence-electron chi connectivity index (χ1n) is 9.66. The Morgan fingerprint density at radius 3 is 1.97 bits per heavy atom. The first-order chi connectivity index (χ1) is 13.5. The number of benzene rings is 2. The topological polar surface area (TPSA) is 66.5 Å². The van der Waals surface area contributed by atoms with E-state index in [2.05, 4.69) is 5.32 Å². The molecule has 0 atom stereocenters. The molecule has 0 aliphatic rings. The first kappa shape index (κ1) is 22.9. The quantitative estimate of drug-likeness (QED) is 0.698. The van der Waals surface area contributed by atoms with Gasteiger partial charge in [-0.3, -0.25) is 9.10 Å². The number of amides is 1. The Bertz CT molecular complexity index is 916. The summed E-state index contributed by atoms with van der Waals surface area (Å²) < 4.78 is 40.9. The SMILES string of the molecule is Cc1ccc(S(=O)(=O)N(CC(=O)NC(C(C)C)C(C)C)c2ccc(F)cc2)cc1. The summed E-state index contributed by atoms with van der Waals surface area (Å²) in [5.74, 6) is -0.484. The predicted molar refractivity (Wildman–Crippen MR) is 114 cm³/mol. The lowest BCUT2D eigenvalue weighted by molar-refractivity contribution is -0.121. The molecule has 0 radical (unpaired) electrons. The predicted octanol–water partition coefficient (Wildman–Crippen LogP) is 4.13. The molecule has 5 nitrogen and oxygen atoms in total. The lowest BCUT2D eigenvalue weighted by atomic mass is 9.93. The fourth-order valence-electron chi connectivity index (χ4n) is 3.22. The highest BCUT2D eigenvalue weighted by molar-refractivity contribution is 7.92. The van der Waals surface area contributed by atoms with Crippen molar-refractivity contribution in [3.63, 3.8) is 0 Å². The van der Waals surface area contributed by atoms with E-state index in [0.717, 1.165) is 9.87 Å². The second kappa shape index (κ2) is 9.39. The van der Waals surface area contributed by atoms with E-state index >= 15 is 0 Å². The van der Waals surface area contributed by atoms with Gasteiger partial charge in [0, 0.05) is 6.04 Å². The van der Waals surface area contributed by atoms with E-state index in [1.165, 1.54) is 36.4 Å². The van der Waals surface area contributed by atoms with Gasteiger partial charge in [-0.15, -0.1) is 0 Å². The zero-order valence-electron chi connectivity index (χ0n) is 17.5. The zero-order valence-corrected chi connectivity index (χ0v) is 18.3. The van der Waals surface area contributed by atoms with Crippen LogP contribution in [-0.2, 0) is 14.8 Å². The summed E-state index contributed by atoms with van der Waals surface area (Å²) in [6.07, 6.45) is 0. The van der Waals surface area contributed by atoms with Gasteiger partial charge in [-0.05, 0) is 55.2 Å². The van der Waals surface area contributed by atoms with E-state index in [1.54, 1.807) is 12.1 Å². The van der Waals surface area contributed by atoms with Crippen molar-refractivity contribution in [2.24, 2.45) is 11.8 Å². The van der Waals surface area contributed by atoms with Crippen LogP contribution in [0.4, 0.5) is 10.1 Å². The van der Waals surface area contributed by atoms with Crippen molar-refractivity contribution in [1.29, 1.82) is 0 Å². The molecule has 2 rings (SSSR count). The van der Waals surface area contributed by atoms with Crippen molar-refractivity contribution in [1.82, 2.24) is 5.32 Å². The maximum absolute atomic E-state index is 13.4. The number of halogens is 1. The minimum atomic E-state index is -4.01. The van der Waals surface area contributed by atoms with Gasteiger partial charge in [0.2, 0.25) is 5.91 Å². The Balaban J connectivity index is 2.39. The molecule has 0 aromatic heterocycles. The van der Waals surface area contributed by atoms with Crippen LogP contribution in [0.5, 0.6) is 0 Å². The van der Waals surface area contributed by atoms with Crippen molar-refractivity contribution < 1.29 is 17.6 Å². The van der Waals surface area contributed by atoms with E-state index in [0.29, 0.717) is 0 Å². The summed E-state index contributed by atoms with van der Waals surface area (Å²) in [7, 11) is -4.01. The molecule has 7 heteroatoms. The molecule has 0 bridgehead atoms. The molecule has 0 fully saturated rings. The van der Waals surface area contributed by atoms with Crippen LogP contribution in [0.25, 0.3) is 0 Å². The van der Waals surface area contributed by atoms with E-state index < -0.39 is 28.3 Å². The third-order valence-corrected chi connectivity index (χ3v) is 6.56. The number of carbonyl (C=O) groups excluding carboxylic acids is 1. The highest BCUT2D eigenvalue weighted by Crippen LogP contribution is 2.24. The van der Waals surface area contributed by atoms with Crippen LogP contribution in [0, 0.1) is 24.6 Å². The summed E-state index contributed by atoms with van der Waals surface area (Å²) in [6, 6.07) is 11.4. The number of anilines is 1. The molecule has 0 saturated heterocycles. The molecule has 2 aromatic rings. The molecule has 1 N–H and O–H groups in total. The fraction of sp³-hybridized carbons (Fsp3) is 0.409. The molecule has 0 aliphatic carbocycles. The molecule has 0 unspecified atom stereocenters. The highest BCUT2D eigenvalue weighted by atomic mass is 32.2. The number of aryl methyl sites for hydroxylation is 1. The van der Waals surface area contributed by atoms with Crippen LogP contribution in [0.1, 0.15) is 33.3 Å². The van der Waals surface area contributed by atoms with Crippen LogP contribution < -0.4 is 9.62 Å². The van der Waals surface area contributed by atoms with Crippen molar-refractivity contribution in [3.8, 4) is 0 Å². The molecule has 0 aliphatic heterocycles. The minimum Gasteiger partial charge on any atom is -0.351 e. The number of nitrogens with one attached hydrogen (secondary N) is 1. The maximum atomic E-state index is 13.4. The largest absolute Gasteiger partial charge is 0.351 e. The van der Waals surface area contributed by atoms with Crippen LogP contribution in [0.15, 0.2) is 53.4 Å². The summed E-state index contributed by atoms with van der Waals surface area (Å²) in [5, 5.41) is 2.94. The monoisotopic (exact) mass is 420 g/mol. The van der Waals surface area contributed by atoms with E-state index in [9.17, 15) is 17.6 Å². The van der Waals surface area contributed by atoms with Crippen LogP contribution in [0.2, 0.25) is 0 Å². The summed E-state index contributed by atoms with van der Waals surface area (Å²) in [6.45, 7) is 9.49. The molecule has 0 spiro atoms. The average Bonchev–Trinajstić information content (AvgIpc) is 2.65. The molecule has 1 amide bonds. The van der Waals surface area contributed by atoms with Gasteiger partial charge in [-0.2, -0.15) is 0 Å². The third kappa shape index (κ3) is 5.79. The summed E-state index contributed by atoms with van der Waals surface area (Å²) in [5.41, 5.74) is 1.15. The Labute approximate surface area is 173 Å². The summed E-state index contributed by atoms with van der Waals surface area (Å²) >= 11 is 0. The smallest absolute Gasteiger partial charge is 0.264 e. The fourth-order valence-corrected chi connectivity index (χ4v) is 4.65. The van der Waals surface area contributed by atoms with E-state index in [4.69, 9.17) is 0 Å². The van der Waals surface area contributed by atoms with Crippen molar-refractivity contribution in [2.45, 2.75) is 45.6 Å². The highest BCUT2D eigenvalue weighted by Gasteiger charge is 2.29. The van der Waals surface area contributed by atoms with E-state index in [-0.39, 0.29) is 28.5 Å². The van der Waals surface area contributed by atoms with Gasteiger partial charge in [0.05, 0.1) is 10.6 Å². The normalized spacial score (nSPS) is 11.9. The van der Waals surface area contributed by atoms with Gasteiger partial charge < -0.3 is 5.32 Å². The van der Waals surface area contributed by atoms with Crippen LogP contribution in [-0.4, -0.2) is 26.9 Å². The number of rotatable bonds is 8. The molecule has 0 heterocycles. The molecule has 29 heavy (non-hydrogen) atoms. The van der Waals surface area contributed by atoms with Gasteiger partial charge in [-0.1, -0.05) is 45.4 Å². The van der Waals surface area contributed by atoms with Gasteiger partial charge >= 0.3 is 0 Å². The first-order valence-corrected chi connectivity index (χ1v) is 11.1. The minimum absolute atomic E-state index is 0.0736. The molecule has 0 saturated carbocycles. The van der Waals surface area contributed by atoms with Crippen LogP contribution in [0.3, 0.4) is 0 Å². The molecule has 158 valence electrons. The second-order valence-corrected chi connectivity index (χ2v) is 9.74. The Morgan fingerprint density at radius 1 is 0.966 bits per heavy atom. The third-order valence-electron chi connectivity index (χ3n) is 4.77.